The summed E-state index contributed by atoms with van der Waals surface area (Å²) in [6.45, 7) is 8.54. The third-order valence-corrected chi connectivity index (χ3v) is 6.25. The van der Waals surface area contributed by atoms with E-state index >= 15 is 0 Å². The van der Waals surface area contributed by atoms with Crippen LogP contribution in [0.4, 0.5) is 0 Å². The molecular formula is C27H52N2O7. The molecule has 0 aromatic carbocycles. The number of hydrogen-bond donors (Lipinski definition) is 4. The van der Waals surface area contributed by atoms with Crippen LogP contribution in [0.1, 0.15) is 105 Å². The number of esters is 1. The Morgan fingerprint density at radius 1 is 1.00 bits per heavy atom. The highest BCUT2D eigenvalue weighted by Gasteiger charge is 2.48. The van der Waals surface area contributed by atoms with Gasteiger partial charge in [0.2, 0.25) is 5.91 Å². The first-order chi connectivity index (χ1) is 17.1. The van der Waals surface area contributed by atoms with Gasteiger partial charge in [-0.3, -0.25) is 9.59 Å². The molecule has 212 valence electrons. The number of aliphatic hydroxyl groups is 2. The fraction of sp³-hybridized carbons (Fsp3) is 0.926. The van der Waals surface area contributed by atoms with Crippen LogP contribution in [0.3, 0.4) is 0 Å². The molecule has 1 rings (SSSR count). The largest absolute Gasteiger partial charge is 0.457 e. The highest BCUT2D eigenvalue weighted by atomic mass is 16.7. The minimum Gasteiger partial charge on any atom is -0.457 e. The summed E-state index contributed by atoms with van der Waals surface area (Å²) in [5, 5.41) is 23.5. The average molecular weight is 517 g/mol. The lowest BCUT2D eigenvalue weighted by molar-refractivity contribution is -0.274. The van der Waals surface area contributed by atoms with Crippen LogP contribution >= 0.6 is 0 Å². The quantitative estimate of drug-likeness (QED) is 0.161. The Kier molecular flexibility index (Phi) is 16.4. The Labute approximate surface area is 217 Å². The van der Waals surface area contributed by atoms with Crippen molar-refractivity contribution in [3.63, 3.8) is 0 Å². The van der Waals surface area contributed by atoms with Gasteiger partial charge in [-0.25, -0.2) is 0 Å². The summed E-state index contributed by atoms with van der Waals surface area (Å²) in [6.07, 6.45) is 6.19. The van der Waals surface area contributed by atoms with Gasteiger partial charge in [-0.05, 0) is 31.2 Å². The van der Waals surface area contributed by atoms with Crippen LogP contribution in [0.15, 0.2) is 0 Å². The summed E-state index contributed by atoms with van der Waals surface area (Å²) < 4.78 is 17.5. The van der Waals surface area contributed by atoms with E-state index < -0.39 is 43.2 Å². The molecule has 5 N–H and O–H groups in total. The molecule has 1 heterocycles. The average Bonchev–Trinajstić information content (AvgIpc) is 2.80. The summed E-state index contributed by atoms with van der Waals surface area (Å²) in [4.78, 5) is 25.4. The molecule has 0 radical (unpaired) electrons. The molecule has 9 nitrogen and oxygen atoms in total. The number of hydrogen-bond acceptors (Lipinski definition) is 8. The number of amides is 1. The SMILES string of the molecule is CCCCCCCCCO[C@@H]1O[C@H](CO)[C@@H](O)[C@H](OC(=O)CCCCCN)[C@H]1NC(=O)CC(C)(C)C. The molecule has 0 aromatic rings. The molecule has 0 bridgehead atoms. The van der Waals surface area contributed by atoms with Crippen LogP contribution in [0, 0.1) is 5.41 Å². The third kappa shape index (κ3) is 13.3. The standard InChI is InChI=1S/C27H52N2O7/c1-5-6-7-8-9-10-14-17-34-26-23(29-21(31)18-27(2,3)4)25(24(33)20(19-30)35-26)36-22(32)15-12-11-13-16-28/h20,23-26,30,33H,5-19,28H2,1-4H3,(H,29,31)/t20-,23-,24-,25-,26-/m1/s1. The smallest absolute Gasteiger partial charge is 0.306 e. The van der Waals surface area contributed by atoms with Gasteiger partial charge in [-0.15, -0.1) is 0 Å². The van der Waals surface area contributed by atoms with Gasteiger partial charge in [0, 0.05) is 19.4 Å². The third-order valence-electron chi connectivity index (χ3n) is 6.25. The maximum atomic E-state index is 12.8. The fourth-order valence-electron chi connectivity index (χ4n) is 4.28. The Morgan fingerprint density at radius 3 is 2.25 bits per heavy atom. The number of carbonyl (C=O) groups is 2. The first-order valence-electron chi connectivity index (χ1n) is 13.9. The number of nitrogens with two attached hydrogens (primary N) is 1. The van der Waals surface area contributed by atoms with E-state index in [2.05, 4.69) is 12.2 Å². The van der Waals surface area contributed by atoms with E-state index in [4.69, 9.17) is 19.9 Å². The van der Waals surface area contributed by atoms with E-state index in [1.54, 1.807) is 0 Å². The van der Waals surface area contributed by atoms with E-state index in [0.717, 1.165) is 32.1 Å². The molecule has 1 fully saturated rings. The molecule has 0 unspecified atom stereocenters. The van der Waals surface area contributed by atoms with Crippen LogP contribution < -0.4 is 11.1 Å². The lowest BCUT2D eigenvalue weighted by Crippen LogP contribution is -2.66. The topological polar surface area (TPSA) is 140 Å². The van der Waals surface area contributed by atoms with Gasteiger partial charge in [-0.1, -0.05) is 72.6 Å². The van der Waals surface area contributed by atoms with Crippen molar-refractivity contribution >= 4 is 11.9 Å². The predicted molar refractivity (Wildman–Crippen MR) is 139 cm³/mol. The number of carbonyl (C=O) groups excluding carboxylic acids is 2. The fourth-order valence-corrected chi connectivity index (χ4v) is 4.28. The van der Waals surface area contributed by atoms with E-state index in [1.807, 2.05) is 20.8 Å². The van der Waals surface area contributed by atoms with Gasteiger partial charge in [0.25, 0.3) is 0 Å². The van der Waals surface area contributed by atoms with E-state index in [-0.39, 0.29) is 24.2 Å². The van der Waals surface area contributed by atoms with Crippen molar-refractivity contribution in [2.24, 2.45) is 11.1 Å². The molecule has 0 saturated carbocycles. The van der Waals surface area contributed by atoms with Crippen molar-refractivity contribution in [2.45, 2.75) is 135 Å². The second-order valence-corrected chi connectivity index (χ2v) is 11.1. The van der Waals surface area contributed by atoms with Crippen LogP contribution in [0.25, 0.3) is 0 Å². The zero-order valence-electron chi connectivity index (χ0n) is 23.0. The Balaban J connectivity index is 2.86. The highest BCUT2D eigenvalue weighted by Crippen LogP contribution is 2.27. The molecule has 36 heavy (non-hydrogen) atoms. The minimum absolute atomic E-state index is 0.181. The monoisotopic (exact) mass is 516 g/mol. The molecule has 1 amide bonds. The molecule has 9 heteroatoms. The second-order valence-electron chi connectivity index (χ2n) is 11.1. The molecule has 0 aliphatic carbocycles. The van der Waals surface area contributed by atoms with Crippen molar-refractivity contribution in [1.82, 2.24) is 5.32 Å². The van der Waals surface area contributed by atoms with Crippen molar-refractivity contribution in [3.05, 3.63) is 0 Å². The highest BCUT2D eigenvalue weighted by molar-refractivity contribution is 5.77. The number of unbranched alkanes of at least 4 members (excludes halogenated alkanes) is 8. The Morgan fingerprint density at radius 2 is 1.64 bits per heavy atom. The van der Waals surface area contributed by atoms with Crippen molar-refractivity contribution in [1.29, 1.82) is 0 Å². The number of rotatable bonds is 18. The predicted octanol–water partition coefficient (Wildman–Crippen LogP) is 3.18. The van der Waals surface area contributed by atoms with Crippen molar-refractivity contribution < 1.29 is 34.0 Å². The number of aliphatic hydroxyl groups excluding tert-OH is 2. The van der Waals surface area contributed by atoms with Crippen LogP contribution in [-0.2, 0) is 23.8 Å². The summed E-state index contributed by atoms with van der Waals surface area (Å²) in [5.41, 5.74) is 5.26. The van der Waals surface area contributed by atoms with Gasteiger partial charge in [-0.2, -0.15) is 0 Å². The van der Waals surface area contributed by atoms with Gasteiger partial charge in [0.1, 0.15) is 18.2 Å². The minimum atomic E-state index is -1.30. The second kappa shape index (κ2) is 18.1. The molecule has 0 aromatic heterocycles. The zero-order valence-corrected chi connectivity index (χ0v) is 23.0. The van der Waals surface area contributed by atoms with Crippen molar-refractivity contribution in [3.8, 4) is 0 Å². The van der Waals surface area contributed by atoms with E-state index in [1.165, 1.54) is 25.7 Å². The summed E-state index contributed by atoms with van der Waals surface area (Å²) in [5.74, 6) is -0.727. The molecule has 0 spiro atoms. The van der Waals surface area contributed by atoms with Gasteiger partial charge < -0.3 is 35.5 Å². The first-order valence-corrected chi connectivity index (χ1v) is 13.9. The maximum absolute atomic E-state index is 12.8. The first kappa shape index (κ1) is 32.8. The zero-order chi connectivity index (χ0) is 27.0. The van der Waals surface area contributed by atoms with Crippen LogP contribution in [0.5, 0.6) is 0 Å². The summed E-state index contributed by atoms with van der Waals surface area (Å²) in [6, 6.07) is -0.893. The van der Waals surface area contributed by atoms with Gasteiger partial charge >= 0.3 is 5.97 Å². The Hall–Kier alpha value is -1.26. The van der Waals surface area contributed by atoms with Gasteiger partial charge in [0.15, 0.2) is 12.4 Å². The van der Waals surface area contributed by atoms with E-state index in [9.17, 15) is 19.8 Å². The van der Waals surface area contributed by atoms with Crippen LogP contribution in [0.2, 0.25) is 0 Å². The van der Waals surface area contributed by atoms with Gasteiger partial charge in [0.05, 0.1) is 6.61 Å². The maximum Gasteiger partial charge on any atom is 0.306 e. The molecule has 5 atom stereocenters. The van der Waals surface area contributed by atoms with Crippen LogP contribution in [-0.4, -0.2) is 72.5 Å². The summed E-state index contributed by atoms with van der Waals surface area (Å²) >= 11 is 0. The van der Waals surface area contributed by atoms with Crippen molar-refractivity contribution in [2.75, 3.05) is 19.8 Å². The molecule has 1 saturated heterocycles. The summed E-state index contributed by atoms with van der Waals surface area (Å²) in [7, 11) is 0. The molecule has 1 aliphatic heterocycles. The number of ether oxygens (including phenoxy) is 3. The lowest BCUT2D eigenvalue weighted by atomic mass is 9.91. The van der Waals surface area contributed by atoms with E-state index in [0.29, 0.717) is 19.6 Å². The normalized spacial score (nSPS) is 24.5. The number of nitrogens with one attached hydrogen (secondary N) is 1. The lowest BCUT2D eigenvalue weighted by Gasteiger charge is -2.44. The molecular weight excluding hydrogens is 464 g/mol. The molecule has 1 aliphatic rings. The Bertz CT molecular complexity index is 611.